The quantitative estimate of drug-likeness (QED) is 0.454. The maximum Gasteiger partial charge on any atom is 0.273 e. The summed E-state index contributed by atoms with van der Waals surface area (Å²) in [6, 6.07) is 19.3. The average molecular weight is 489 g/mol. The van der Waals surface area contributed by atoms with E-state index in [-0.39, 0.29) is 23.9 Å². The second kappa shape index (κ2) is 8.94. The van der Waals surface area contributed by atoms with Gasteiger partial charge in [0.25, 0.3) is 11.8 Å². The monoisotopic (exact) mass is 488 g/mol. The van der Waals surface area contributed by atoms with Crippen molar-refractivity contribution in [3.63, 3.8) is 0 Å². The number of nitrogens with one attached hydrogen (secondary N) is 1. The van der Waals surface area contributed by atoms with Crippen LogP contribution in [0.15, 0.2) is 65.5 Å². The molecule has 8 heteroatoms. The van der Waals surface area contributed by atoms with Crippen LogP contribution in [0.3, 0.4) is 0 Å². The van der Waals surface area contributed by atoms with Gasteiger partial charge in [0, 0.05) is 48.3 Å². The van der Waals surface area contributed by atoms with Crippen LogP contribution >= 0.6 is 22.7 Å². The Morgan fingerprint density at radius 3 is 2.53 bits per heavy atom. The van der Waals surface area contributed by atoms with Crippen molar-refractivity contribution in [2.24, 2.45) is 0 Å². The molecule has 6 rings (SSSR count). The fraction of sp³-hybridized carbons (Fsp3) is 0.269. The van der Waals surface area contributed by atoms with E-state index >= 15 is 0 Å². The highest BCUT2D eigenvalue weighted by Gasteiger charge is 2.35. The van der Waals surface area contributed by atoms with Crippen LogP contribution < -0.4 is 5.32 Å². The summed E-state index contributed by atoms with van der Waals surface area (Å²) >= 11 is 3.00. The van der Waals surface area contributed by atoms with E-state index in [1.54, 1.807) is 22.2 Å². The Morgan fingerprint density at radius 2 is 1.74 bits per heavy atom. The normalized spacial score (nSPS) is 18.4. The molecule has 2 aromatic carbocycles. The Hall–Kier alpha value is -3.07. The minimum atomic E-state index is 0.0103. The molecule has 1 unspecified atom stereocenters. The molecule has 0 aliphatic carbocycles. The summed E-state index contributed by atoms with van der Waals surface area (Å²) < 4.78 is 1.13. The van der Waals surface area contributed by atoms with Crippen LogP contribution in [0.25, 0.3) is 21.2 Å². The van der Waals surface area contributed by atoms with Crippen LogP contribution in [-0.2, 0) is 0 Å². The number of fused-ring (bicyclic) bond motifs is 1. The first-order valence-corrected chi connectivity index (χ1v) is 13.2. The van der Waals surface area contributed by atoms with Gasteiger partial charge in [0.2, 0.25) is 0 Å². The molecule has 34 heavy (non-hydrogen) atoms. The van der Waals surface area contributed by atoms with Crippen molar-refractivity contribution in [3.8, 4) is 11.1 Å². The van der Waals surface area contributed by atoms with Crippen molar-refractivity contribution >= 4 is 44.6 Å². The number of carbonyl (C=O) groups excluding carboxylic acids is 2. The lowest BCUT2D eigenvalue weighted by Crippen LogP contribution is -2.61. The van der Waals surface area contributed by atoms with Crippen LogP contribution in [0.4, 0.5) is 0 Å². The summed E-state index contributed by atoms with van der Waals surface area (Å²) in [5.74, 6) is 0.114. The number of hydrogen-bond acceptors (Lipinski definition) is 6. The lowest BCUT2D eigenvalue weighted by Gasteiger charge is -2.40. The number of rotatable bonds is 5. The van der Waals surface area contributed by atoms with Gasteiger partial charge in [-0.25, -0.2) is 4.98 Å². The van der Waals surface area contributed by atoms with Gasteiger partial charge in [-0.3, -0.25) is 9.59 Å². The second-order valence-electron chi connectivity index (χ2n) is 8.91. The summed E-state index contributed by atoms with van der Waals surface area (Å²) in [6.45, 7) is 2.86. The predicted molar refractivity (Wildman–Crippen MR) is 137 cm³/mol. The molecule has 0 bridgehead atoms. The highest BCUT2D eigenvalue weighted by Crippen LogP contribution is 2.31. The third kappa shape index (κ3) is 4.13. The van der Waals surface area contributed by atoms with Gasteiger partial charge in [-0.1, -0.05) is 36.4 Å². The van der Waals surface area contributed by atoms with E-state index in [0.717, 1.165) is 33.5 Å². The van der Waals surface area contributed by atoms with E-state index in [1.807, 2.05) is 34.1 Å². The molecule has 4 aromatic rings. The predicted octanol–water partition coefficient (Wildman–Crippen LogP) is 4.35. The second-order valence-corrected chi connectivity index (χ2v) is 10.7. The summed E-state index contributed by atoms with van der Waals surface area (Å²) in [4.78, 5) is 34.2. The number of likely N-dealkylation sites (tertiary alicyclic amines) is 2. The van der Waals surface area contributed by atoms with Gasteiger partial charge in [0.15, 0.2) is 0 Å². The summed E-state index contributed by atoms with van der Waals surface area (Å²) in [5, 5.41) is 6.54. The highest BCUT2D eigenvalue weighted by atomic mass is 32.1. The Kier molecular flexibility index (Phi) is 5.64. The molecule has 2 aromatic heterocycles. The van der Waals surface area contributed by atoms with Crippen LogP contribution in [0.1, 0.15) is 26.6 Å². The minimum absolute atomic E-state index is 0.0103. The molecule has 0 radical (unpaired) electrons. The molecule has 172 valence electrons. The standard InChI is InChI=1S/C26H24N4O2S2/c31-25(22-15-33-16-27-22)29-9-8-20(12-29)28-21-13-30(14-21)26(32)24-11-19-10-18(6-7-23(19)34-24)17-4-2-1-3-5-17/h1-7,10-11,15-16,20-21,28H,8-9,12-14H2. The number of carbonyl (C=O) groups is 2. The molecule has 2 saturated heterocycles. The number of benzene rings is 2. The van der Waals surface area contributed by atoms with Crippen molar-refractivity contribution in [1.29, 1.82) is 0 Å². The molecule has 0 saturated carbocycles. The Labute approximate surface area is 205 Å². The van der Waals surface area contributed by atoms with Crippen molar-refractivity contribution in [2.45, 2.75) is 18.5 Å². The molecule has 2 aliphatic rings. The first-order chi connectivity index (χ1) is 16.6. The van der Waals surface area contributed by atoms with Crippen molar-refractivity contribution < 1.29 is 9.59 Å². The third-order valence-electron chi connectivity index (χ3n) is 6.60. The van der Waals surface area contributed by atoms with Crippen LogP contribution in [0.2, 0.25) is 0 Å². The van der Waals surface area contributed by atoms with E-state index < -0.39 is 0 Å². The number of aromatic nitrogens is 1. The molecule has 4 heterocycles. The van der Waals surface area contributed by atoms with Crippen LogP contribution in [0, 0.1) is 0 Å². The molecule has 2 fully saturated rings. The van der Waals surface area contributed by atoms with Crippen molar-refractivity contribution in [2.75, 3.05) is 26.2 Å². The fourth-order valence-corrected chi connectivity index (χ4v) is 6.30. The zero-order chi connectivity index (χ0) is 23.1. The Balaban J connectivity index is 1.04. The van der Waals surface area contributed by atoms with E-state index in [0.29, 0.717) is 25.3 Å². The van der Waals surface area contributed by atoms with Gasteiger partial charge in [0.05, 0.1) is 10.4 Å². The molecule has 0 spiro atoms. The summed E-state index contributed by atoms with van der Waals surface area (Å²) in [7, 11) is 0. The molecule has 1 atom stereocenters. The molecular weight excluding hydrogens is 464 g/mol. The Bertz CT molecular complexity index is 1330. The maximum atomic E-state index is 13.1. The molecule has 2 aliphatic heterocycles. The minimum Gasteiger partial charge on any atom is -0.336 e. The zero-order valence-corrected chi connectivity index (χ0v) is 20.1. The van der Waals surface area contributed by atoms with E-state index in [9.17, 15) is 9.59 Å². The number of hydrogen-bond donors (Lipinski definition) is 1. The van der Waals surface area contributed by atoms with Gasteiger partial charge in [0.1, 0.15) is 5.69 Å². The number of thiophene rings is 1. The summed E-state index contributed by atoms with van der Waals surface area (Å²) in [6.07, 6.45) is 0.931. The topological polar surface area (TPSA) is 65.5 Å². The number of amides is 2. The van der Waals surface area contributed by atoms with Crippen LogP contribution in [0.5, 0.6) is 0 Å². The molecular formula is C26H24N4O2S2. The van der Waals surface area contributed by atoms with E-state index in [1.165, 1.54) is 16.9 Å². The first-order valence-electron chi connectivity index (χ1n) is 11.5. The molecule has 6 nitrogen and oxygen atoms in total. The first kappa shape index (κ1) is 21.5. The van der Waals surface area contributed by atoms with Gasteiger partial charge in [-0.15, -0.1) is 22.7 Å². The Morgan fingerprint density at radius 1 is 0.912 bits per heavy atom. The van der Waals surface area contributed by atoms with Gasteiger partial charge >= 0.3 is 0 Å². The van der Waals surface area contributed by atoms with Gasteiger partial charge in [-0.05, 0) is 41.1 Å². The maximum absolute atomic E-state index is 13.1. The van der Waals surface area contributed by atoms with Crippen LogP contribution in [-0.4, -0.2) is 64.9 Å². The van der Waals surface area contributed by atoms with Crippen molar-refractivity contribution in [3.05, 3.63) is 76.1 Å². The number of nitrogens with zero attached hydrogens (tertiary/aromatic N) is 3. The van der Waals surface area contributed by atoms with Gasteiger partial charge < -0.3 is 15.1 Å². The number of thiazole rings is 1. The molecule has 1 N–H and O–H groups in total. The largest absolute Gasteiger partial charge is 0.336 e. The highest BCUT2D eigenvalue weighted by molar-refractivity contribution is 7.20. The lowest BCUT2D eigenvalue weighted by molar-refractivity contribution is 0.0557. The average Bonchev–Trinajstić information content (AvgIpc) is 3.61. The van der Waals surface area contributed by atoms with Gasteiger partial charge in [-0.2, -0.15) is 0 Å². The summed E-state index contributed by atoms with van der Waals surface area (Å²) in [5.41, 5.74) is 4.57. The van der Waals surface area contributed by atoms with E-state index in [4.69, 9.17) is 0 Å². The fourth-order valence-electron chi connectivity index (χ4n) is 4.76. The smallest absolute Gasteiger partial charge is 0.273 e. The zero-order valence-electron chi connectivity index (χ0n) is 18.5. The van der Waals surface area contributed by atoms with Crippen molar-refractivity contribution in [1.82, 2.24) is 20.1 Å². The molecule has 2 amide bonds. The third-order valence-corrected chi connectivity index (χ3v) is 8.29. The van der Waals surface area contributed by atoms with E-state index in [2.05, 4.69) is 40.6 Å². The lowest BCUT2D eigenvalue weighted by atomic mass is 10.0. The SMILES string of the molecule is O=C(c1cscn1)N1CCC(NC2CN(C(=O)c3cc4cc(-c5ccccc5)ccc4s3)C2)C1.